The number of aromatic nitrogens is 2. The van der Waals surface area contributed by atoms with Crippen molar-refractivity contribution in [1.29, 1.82) is 5.26 Å². The van der Waals surface area contributed by atoms with E-state index >= 15 is 0 Å². The number of nitrogens with one attached hydrogen (secondary N) is 2. The molecular weight excluding hydrogens is 274 g/mol. The van der Waals surface area contributed by atoms with Gasteiger partial charge in [0, 0.05) is 30.8 Å². The van der Waals surface area contributed by atoms with Crippen LogP contribution in [0.25, 0.3) is 0 Å². The van der Waals surface area contributed by atoms with Gasteiger partial charge >= 0.3 is 0 Å². The van der Waals surface area contributed by atoms with Gasteiger partial charge in [0.05, 0.1) is 17.2 Å². The first-order valence-corrected chi connectivity index (χ1v) is 7.42. The van der Waals surface area contributed by atoms with Gasteiger partial charge in [-0.05, 0) is 31.5 Å². The third kappa shape index (κ3) is 2.78. The van der Waals surface area contributed by atoms with Gasteiger partial charge in [-0.3, -0.25) is 0 Å². The fraction of sp³-hybridized carbons (Fsp3) is 0.353. The molecule has 22 heavy (non-hydrogen) atoms. The topological polar surface area (TPSA) is 73.6 Å². The summed E-state index contributed by atoms with van der Waals surface area (Å²) in [4.78, 5) is 8.71. The van der Waals surface area contributed by atoms with Crippen molar-refractivity contribution in [2.75, 3.05) is 11.9 Å². The third-order valence-corrected chi connectivity index (χ3v) is 4.02. The molecule has 1 aromatic heterocycles. The van der Waals surface area contributed by atoms with Gasteiger partial charge in [-0.1, -0.05) is 12.1 Å². The number of anilines is 2. The zero-order valence-corrected chi connectivity index (χ0v) is 12.8. The molecule has 2 N–H and O–H groups in total. The molecule has 112 valence electrons. The van der Waals surface area contributed by atoms with Crippen molar-refractivity contribution in [3.63, 3.8) is 0 Å². The minimum absolute atomic E-state index is 0.476. The molecule has 0 amide bonds. The third-order valence-electron chi connectivity index (χ3n) is 4.02. The van der Waals surface area contributed by atoms with Crippen molar-refractivity contribution in [2.24, 2.45) is 0 Å². The Kier molecular flexibility index (Phi) is 3.78. The number of benzene rings is 1. The number of fused-ring (bicyclic) bond motifs is 1. The second-order valence-corrected chi connectivity index (χ2v) is 6.01. The molecule has 0 fully saturated rings. The average molecular weight is 293 g/mol. The lowest BCUT2D eigenvalue weighted by Crippen LogP contribution is -2.25. The van der Waals surface area contributed by atoms with Crippen molar-refractivity contribution < 1.29 is 0 Å². The van der Waals surface area contributed by atoms with E-state index < -0.39 is 5.41 Å². The van der Waals surface area contributed by atoms with Crippen LogP contribution in [-0.4, -0.2) is 16.5 Å². The molecule has 1 aromatic carbocycles. The Hall–Kier alpha value is -2.45. The second-order valence-electron chi connectivity index (χ2n) is 6.01. The molecule has 2 aromatic rings. The van der Waals surface area contributed by atoms with Gasteiger partial charge in [0.1, 0.15) is 12.1 Å². The van der Waals surface area contributed by atoms with Gasteiger partial charge in [0.25, 0.3) is 0 Å². The summed E-state index contributed by atoms with van der Waals surface area (Å²) in [5, 5.41) is 15.9. The Balaban J connectivity index is 1.84. The molecule has 0 atom stereocenters. The van der Waals surface area contributed by atoms with Crippen LogP contribution in [0.5, 0.6) is 0 Å². The number of nitrogens with zero attached hydrogens (tertiary/aromatic N) is 3. The summed E-state index contributed by atoms with van der Waals surface area (Å²) in [7, 11) is 0. The largest absolute Gasteiger partial charge is 0.340 e. The van der Waals surface area contributed by atoms with Crippen molar-refractivity contribution in [1.82, 2.24) is 15.3 Å². The van der Waals surface area contributed by atoms with Crippen LogP contribution in [0.2, 0.25) is 0 Å². The highest BCUT2D eigenvalue weighted by atomic mass is 15.0. The molecule has 0 aliphatic carbocycles. The van der Waals surface area contributed by atoms with Gasteiger partial charge in [-0.2, -0.15) is 5.26 Å². The summed E-state index contributed by atoms with van der Waals surface area (Å²) in [5.41, 5.74) is 3.74. The van der Waals surface area contributed by atoms with E-state index in [0.717, 1.165) is 47.8 Å². The van der Waals surface area contributed by atoms with E-state index in [-0.39, 0.29) is 0 Å². The lowest BCUT2D eigenvalue weighted by Gasteiger charge is -2.20. The number of rotatable bonds is 3. The fourth-order valence-corrected chi connectivity index (χ4v) is 2.55. The summed E-state index contributed by atoms with van der Waals surface area (Å²) in [6, 6.07) is 10.3. The summed E-state index contributed by atoms with van der Waals surface area (Å²) >= 11 is 0. The molecule has 0 unspecified atom stereocenters. The van der Waals surface area contributed by atoms with Crippen LogP contribution < -0.4 is 10.6 Å². The minimum atomic E-state index is -0.476. The highest BCUT2D eigenvalue weighted by molar-refractivity contribution is 5.61. The highest BCUT2D eigenvalue weighted by Crippen LogP contribution is 2.26. The molecule has 5 heteroatoms. The number of hydrogen-bond donors (Lipinski definition) is 2. The Labute approximate surface area is 130 Å². The van der Waals surface area contributed by atoms with E-state index in [1.807, 2.05) is 38.1 Å². The zero-order valence-electron chi connectivity index (χ0n) is 12.8. The first kappa shape index (κ1) is 14.5. The Morgan fingerprint density at radius 3 is 2.73 bits per heavy atom. The summed E-state index contributed by atoms with van der Waals surface area (Å²) in [6.45, 7) is 5.59. The van der Waals surface area contributed by atoms with Crippen LogP contribution in [-0.2, 0) is 18.4 Å². The monoisotopic (exact) mass is 293 g/mol. The van der Waals surface area contributed by atoms with E-state index in [2.05, 4.69) is 26.7 Å². The fourth-order valence-electron chi connectivity index (χ4n) is 2.55. The molecule has 0 radical (unpaired) electrons. The molecule has 0 spiro atoms. The standard InChI is InChI=1S/C17H19N5/c1-17(2,10-18)12-3-5-13(6-4-12)22-16-14-9-19-8-7-15(14)20-11-21-16/h3-6,11,19H,7-9H2,1-2H3,(H,20,21,22). The normalized spacial score (nSPS) is 14.0. The van der Waals surface area contributed by atoms with Gasteiger partial charge in [-0.15, -0.1) is 0 Å². The Bertz CT molecular complexity index is 713. The molecule has 0 bridgehead atoms. The molecular formula is C17H19N5. The molecule has 1 aliphatic heterocycles. The molecule has 0 saturated carbocycles. The van der Waals surface area contributed by atoms with Crippen LogP contribution in [0.4, 0.5) is 11.5 Å². The van der Waals surface area contributed by atoms with E-state index in [9.17, 15) is 5.26 Å². The Morgan fingerprint density at radius 2 is 2.00 bits per heavy atom. The van der Waals surface area contributed by atoms with Crippen LogP contribution >= 0.6 is 0 Å². The first-order chi connectivity index (χ1) is 10.6. The molecule has 1 aliphatic rings. The van der Waals surface area contributed by atoms with Crippen LogP contribution in [0.15, 0.2) is 30.6 Å². The maximum absolute atomic E-state index is 9.19. The van der Waals surface area contributed by atoms with Crippen LogP contribution in [0.1, 0.15) is 30.7 Å². The predicted molar refractivity (Wildman–Crippen MR) is 85.8 cm³/mol. The SMILES string of the molecule is CC(C)(C#N)c1ccc(Nc2ncnc3c2CNCC3)cc1. The lowest BCUT2D eigenvalue weighted by molar-refractivity contribution is 0.628. The van der Waals surface area contributed by atoms with E-state index in [1.165, 1.54) is 0 Å². The number of hydrogen-bond acceptors (Lipinski definition) is 5. The maximum Gasteiger partial charge on any atom is 0.138 e. The quantitative estimate of drug-likeness (QED) is 0.910. The van der Waals surface area contributed by atoms with Crippen LogP contribution in [0, 0.1) is 11.3 Å². The van der Waals surface area contributed by atoms with E-state index in [1.54, 1.807) is 6.33 Å². The minimum Gasteiger partial charge on any atom is -0.340 e. The Morgan fingerprint density at radius 1 is 1.23 bits per heavy atom. The average Bonchev–Trinajstić information content (AvgIpc) is 2.56. The second kappa shape index (κ2) is 5.74. The lowest BCUT2D eigenvalue weighted by atomic mass is 9.86. The highest BCUT2D eigenvalue weighted by Gasteiger charge is 2.19. The van der Waals surface area contributed by atoms with Crippen molar-refractivity contribution in [2.45, 2.75) is 32.2 Å². The summed E-state index contributed by atoms with van der Waals surface area (Å²) in [5.74, 6) is 0.851. The maximum atomic E-state index is 9.19. The van der Waals surface area contributed by atoms with Crippen LogP contribution in [0.3, 0.4) is 0 Å². The molecule has 5 nitrogen and oxygen atoms in total. The summed E-state index contributed by atoms with van der Waals surface area (Å²) in [6.07, 6.45) is 2.54. The predicted octanol–water partition coefficient (Wildman–Crippen LogP) is 2.67. The first-order valence-electron chi connectivity index (χ1n) is 7.42. The van der Waals surface area contributed by atoms with E-state index in [4.69, 9.17) is 0 Å². The van der Waals surface area contributed by atoms with Crippen molar-refractivity contribution in [3.8, 4) is 6.07 Å². The molecule has 3 rings (SSSR count). The van der Waals surface area contributed by atoms with Gasteiger partial charge < -0.3 is 10.6 Å². The number of nitriles is 1. The van der Waals surface area contributed by atoms with Crippen molar-refractivity contribution >= 4 is 11.5 Å². The van der Waals surface area contributed by atoms with E-state index in [0.29, 0.717) is 0 Å². The molecule has 0 saturated heterocycles. The van der Waals surface area contributed by atoms with Gasteiger partial charge in [0.2, 0.25) is 0 Å². The van der Waals surface area contributed by atoms with Gasteiger partial charge in [0.15, 0.2) is 0 Å². The summed E-state index contributed by atoms with van der Waals surface area (Å²) < 4.78 is 0. The smallest absolute Gasteiger partial charge is 0.138 e. The zero-order chi connectivity index (χ0) is 15.6. The molecule has 2 heterocycles. The van der Waals surface area contributed by atoms with Gasteiger partial charge in [-0.25, -0.2) is 9.97 Å². The van der Waals surface area contributed by atoms with Crippen molar-refractivity contribution in [3.05, 3.63) is 47.4 Å².